The largest absolute Gasteiger partial charge is 0.505 e. The summed E-state index contributed by atoms with van der Waals surface area (Å²) in [5.41, 5.74) is 8.67. The number of hydrogen-bond donors (Lipinski definition) is 3. The Hall–Kier alpha value is -3.86. The van der Waals surface area contributed by atoms with E-state index in [-0.39, 0.29) is 41.6 Å². The zero-order valence-electron chi connectivity index (χ0n) is 28.2. The number of fused-ring (bicyclic) bond motifs is 2. The first kappa shape index (κ1) is 36.6. The Kier molecular flexibility index (Phi) is 13.7. The van der Waals surface area contributed by atoms with Gasteiger partial charge in [0, 0.05) is 44.3 Å². The summed E-state index contributed by atoms with van der Waals surface area (Å²) >= 11 is 0. The molecule has 2 bridgehead atoms. The van der Waals surface area contributed by atoms with Gasteiger partial charge >= 0.3 is 6.09 Å². The van der Waals surface area contributed by atoms with Crippen molar-refractivity contribution < 1.29 is 38.4 Å². The molecule has 0 radical (unpaired) electrons. The smallest absolute Gasteiger partial charge is 0.405 e. The van der Waals surface area contributed by atoms with Crippen LogP contribution >= 0.6 is 0 Å². The van der Waals surface area contributed by atoms with Crippen molar-refractivity contribution in [3.05, 3.63) is 76.9 Å². The van der Waals surface area contributed by atoms with Gasteiger partial charge in [-0.25, -0.2) is 4.79 Å². The number of rotatable bonds is 6. The van der Waals surface area contributed by atoms with E-state index in [1.54, 1.807) is 47.5 Å². The number of aromatic hydroxyl groups is 1. The molecule has 0 saturated carbocycles. The van der Waals surface area contributed by atoms with Gasteiger partial charge in [-0.3, -0.25) is 4.79 Å². The number of hydrogen-bond acceptors (Lipinski definition) is 8. The minimum atomic E-state index is -0.907. The number of phenolic OH excluding ortho intramolecular Hbond substituents is 1. The maximum atomic E-state index is 13.2. The third kappa shape index (κ3) is 9.11. The van der Waals surface area contributed by atoms with Crippen molar-refractivity contribution in [2.45, 2.75) is 77.3 Å². The second-order valence-electron chi connectivity index (χ2n) is 12.0. The van der Waals surface area contributed by atoms with E-state index in [1.165, 1.54) is 0 Å². The van der Waals surface area contributed by atoms with Crippen molar-refractivity contribution in [3.8, 4) is 11.5 Å². The Morgan fingerprint density at radius 1 is 0.957 bits per heavy atom. The number of carbonyl (C=O) groups excluding carboxylic acids is 2. The highest BCUT2D eigenvalue weighted by Gasteiger charge is 2.34. The van der Waals surface area contributed by atoms with E-state index in [4.69, 9.17) is 29.4 Å². The van der Waals surface area contributed by atoms with E-state index in [0.717, 1.165) is 16.9 Å². The number of methoxy groups -OCH3 is 4. The normalized spacial score (nSPS) is 29.0. The van der Waals surface area contributed by atoms with Gasteiger partial charge in [0.2, 0.25) is 0 Å². The van der Waals surface area contributed by atoms with E-state index in [0.29, 0.717) is 36.1 Å². The second kappa shape index (κ2) is 17.2. The third-order valence-corrected chi connectivity index (χ3v) is 8.88. The van der Waals surface area contributed by atoms with Crippen LogP contribution in [-0.4, -0.2) is 70.0 Å². The number of anilines is 1. The zero-order valence-corrected chi connectivity index (χ0v) is 28.2. The fourth-order valence-electron chi connectivity index (χ4n) is 6.47. The summed E-state index contributed by atoms with van der Waals surface area (Å²) in [6, 6.07) is 13.2. The number of carbonyl (C=O) groups is 2. The number of nitrogens with two attached hydrogens (primary N) is 1. The van der Waals surface area contributed by atoms with Crippen LogP contribution in [0.3, 0.4) is 0 Å². The molecule has 10 nitrogen and oxygen atoms in total. The Morgan fingerprint density at radius 2 is 1.63 bits per heavy atom. The monoisotopic (exact) mass is 638 g/mol. The number of benzene rings is 2. The lowest BCUT2D eigenvalue weighted by molar-refractivity contribution is -0.112. The van der Waals surface area contributed by atoms with Gasteiger partial charge in [0.25, 0.3) is 5.91 Å². The van der Waals surface area contributed by atoms with Crippen LogP contribution in [0.2, 0.25) is 0 Å². The molecule has 0 fully saturated rings. The van der Waals surface area contributed by atoms with Crippen molar-refractivity contribution in [3.63, 3.8) is 0 Å². The number of phenols is 1. The predicted octanol–water partition coefficient (Wildman–Crippen LogP) is 6.33. The number of amides is 2. The fourth-order valence-corrected chi connectivity index (χ4v) is 6.47. The molecule has 1 aliphatic heterocycles. The summed E-state index contributed by atoms with van der Waals surface area (Å²) in [4.78, 5) is 25.2. The third-order valence-electron chi connectivity index (χ3n) is 8.88. The van der Waals surface area contributed by atoms with Crippen molar-refractivity contribution in [1.29, 1.82) is 0 Å². The molecule has 4 N–H and O–H groups in total. The van der Waals surface area contributed by atoms with Gasteiger partial charge in [-0.15, -0.1) is 0 Å². The van der Waals surface area contributed by atoms with Crippen LogP contribution in [0.15, 0.2) is 65.8 Å². The van der Waals surface area contributed by atoms with Crippen LogP contribution in [0.4, 0.5) is 10.5 Å². The minimum absolute atomic E-state index is 0.00399. The average Bonchev–Trinajstić information content (AvgIpc) is 3.03. The molecular formula is C36H50N2O8. The van der Waals surface area contributed by atoms with Gasteiger partial charge in [-0.1, -0.05) is 50.3 Å². The summed E-state index contributed by atoms with van der Waals surface area (Å²) in [7, 11) is 6.48. The maximum Gasteiger partial charge on any atom is 0.405 e. The summed E-state index contributed by atoms with van der Waals surface area (Å²) in [6.45, 7) is 7.72. The molecular weight excluding hydrogens is 588 g/mol. The van der Waals surface area contributed by atoms with Crippen LogP contribution in [-0.2, 0) is 23.7 Å². The van der Waals surface area contributed by atoms with Gasteiger partial charge < -0.3 is 39.8 Å². The Labute approximate surface area is 272 Å². The zero-order chi connectivity index (χ0) is 34.0. The van der Waals surface area contributed by atoms with E-state index >= 15 is 0 Å². The lowest BCUT2D eigenvalue weighted by Gasteiger charge is -2.34. The van der Waals surface area contributed by atoms with Crippen molar-refractivity contribution >= 4 is 17.7 Å². The molecule has 10 heteroatoms. The lowest BCUT2D eigenvalue weighted by atomic mass is 9.77. The first-order chi connectivity index (χ1) is 21.9. The van der Waals surface area contributed by atoms with Gasteiger partial charge in [0.15, 0.2) is 6.10 Å². The molecule has 0 aliphatic carbocycles. The summed E-state index contributed by atoms with van der Waals surface area (Å²) in [5, 5.41) is 14.5. The van der Waals surface area contributed by atoms with Crippen molar-refractivity contribution in [2.75, 3.05) is 33.8 Å². The molecule has 2 amide bonds. The van der Waals surface area contributed by atoms with Crippen LogP contribution in [0.1, 0.15) is 64.0 Å². The quantitative estimate of drug-likeness (QED) is 0.247. The van der Waals surface area contributed by atoms with E-state index < -0.39 is 18.3 Å². The molecule has 2 aromatic carbocycles. The molecule has 0 spiro atoms. The number of para-hydroxylation sites is 1. The Bertz CT molecular complexity index is 1370. The van der Waals surface area contributed by atoms with E-state index in [2.05, 4.69) is 12.2 Å². The number of nitrogens with one attached hydrogen (secondary N) is 1. The maximum absolute atomic E-state index is 13.2. The molecule has 46 heavy (non-hydrogen) atoms. The number of primary amides is 1. The van der Waals surface area contributed by atoms with Gasteiger partial charge in [-0.2, -0.15) is 0 Å². The topological polar surface area (TPSA) is 139 Å². The highest BCUT2D eigenvalue weighted by Crippen LogP contribution is 2.43. The molecule has 0 unspecified atom stereocenters. The summed E-state index contributed by atoms with van der Waals surface area (Å²) in [6.07, 6.45) is 2.42. The molecule has 2 aromatic rings. The van der Waals surface area contributed by atoms with E-state index in [1.807, 2.05) is 56.3 Å². The first-order valence-electron chi connectivity index (χ1n) is 15.6. The molecule has 7 atom stereocenters. The van der Waals surface area contributed by atoms with Crippen LogP contribution in [0, 0.1) is 11.8 Å². The number of allylic oxidation sites excluding steroid dienone is 1. The van der Waals surface area contributed by atoms with Gasteiger partial charge in [0.1, 0.15) is 11.5 Å². The Morgan fingerprint density at radius 3 is 2.22 bits per heavy atom. The van der Waals surface area contributed by atoms with Crippen LogP contribution in [0.5, 0.6) is 11.5 Å². The van der Waals surface area contributed by atoms with Gasteiger partial charge in [0.05, 0.1) is 31.1 Å². The minimum Gasteiger partial charge on any atom is -0.505 e. The standard InChI is InChI=1S/C36H50N2O8/c1-21-11-9-14-29(43-6)34(46-36(37)41)24(4)19-23(3)33(45-8)30(44-7)20-22(2)31(25-15-17-26(42-5)18-16-25)27-12-10-13-28(32(27)39)38-35(21)40/h10-13,15-19,22-23,29-31,33-34,39H,9,14,20H2,1-8H3,(H2,37,41)(H,38,40)/b21-11+,24-19+/t22-,23-,29-,30-,31-,33+,34-/m0/s1. The summed E-state index contributed by atoms with van der Waals surface area (Å²) in [5.74, 6) is -0.0898. The highest BCUT2D eigenvalue weighted by atomic mass is 16.6. The van der Waals surface area contributed by atoms with Crippen molar-refractivity contribution in [2.24, 2.45) is 17.6 Å². The average molecular weight is 639 g/mol. The fraction of sp³-hybridized carbons (Fsp3) is 0.500. The molecule has 252 valence electrons. The van der Waals surface area contributed by atoms with Gasteiger partial charge in [-0.05, 0) is 68.4 Å². The molecule has 1 aliphatic rings. The molecule has 1 heterocycles. The molecule has 0 saturated heterocycles. The van der Waals surface area contributed by atoms with Crippen LogP contribution < -0.4 is 15.8 Å². The second-order valence-corrected chi connectivity index (χ2v) is 12.0. The predicted molar refractivity (Wildman–Crippen MR) is 178 cm³/mol. The van der Waals surface area contributed by atoms with Crippen molar-refractivity contribution in [1.82, 2.24) is 0 Å². The highest BCUT2D eigenvalue weighted by molar-refractivity contribution is 6.04. The van der Waals surface area contributed by atoms with Crippen LogP contribution in [0.25, 0.3) is 0 Å². The number of ether oxygens (including phenoxy) is 5. The first-order valence-corrected chi connectivity index (χ1v) is 15.6. The van der Waals surface area contributed by atoms with E-state index in [9.17, 15) is 14.7 Å². The lowest BCUT2D eigenvalue weighted by Crippen LogP contribution is -2.38. The molecule has 0 aromatic heterocycles. The Balaban J connectivity index is 2.18. The molecule has 3 rings (SSSR count). The SMILES string of the molecule is COc1ccc([C@H]2c3cccc(c3O)NC(=O)/C(C)=C/CC[C@H](OC)[C@@H](OC(N)=O)/C(C)=C/[C@H](C)[C@@H](OC)[C@@H](OC)C[C@@H]2C)cc1. The summed E-state index contributed by atoms with van der Waals surface area (Å²) < 4.78 is 28.8.